The fourth-order valence-corrected chi connectivity index (χ4v) is 3.35. The summed E-state index contributed by atoms with van der Waals surface area (Å²) in [7, 11) is 1.55. The summed E-state index contributed by atoms with van der Waals surface area (Å²) in [6.07, 6.45) is 4.38. The number of amides is 2. The number of ether oxygens (including phenoxy) is 1. The molecule has 3 aromatic rings. The molecule has 4 rings (SSSR count). The Morgan fingerprint density at radius 2 is 1.68 bits per heavy atom. The fraction of sp³-hybridized carbons (Fsp3) is 0.143. The molecule has 1 aliphatic heterocycles. The van der Waals surface area contributed by atoms with Gasteiger partial charge in [0.2, 0.25) is 5.91 Å². The van der Waals surface area contributed by atoms with Crippen LogP contribution in [0.3, 0.4) is 0 Å². The van der Waals surface area contributed by atoms with Crippen LogP contribution >= 0.6 is 0 Å². The maximum absolute atomic E-state index is 13.0. The normalized spacial score (nSPS) is 14.1. The molecular weight excluding hydrogens is 358 g/mol. The van der Waals surface area contributed by atoms with Gasteiger partial charge in [0, 0.05) is 12.4 Å². The monoisotopic (exact) mass is 375 g/mol. The van der Waals surface area contributed by atoms with E-state index in [1.54, 1.807) is 55.6 Å². The van der Waals surface area contributed by atoms with Crippen LogP contribution < -0.4 is 4.74 Å². The Balaban J connectivity index is 1.73. The summed E-state index contributed by atoms with van der Waals surface area (Å²) in [5.74, 6) is -0.430. The minimum Gasteiger partial charge on any atom is -0.497 e. The predicted octanol–water partition coefficient (Wildman–Crippen LogP) is 2.96. The lowest BCUT2D eigenvalue weighted by Gasteiger charge is -2.26. The Bertz CT molecular complexity index is 1010. The number of imide groups is 1. The van der Waals surface area contributed by atoms with Crippen LogP contribution in [-0.2, 0) is 0 Å². The summed E-state index contributed by atoms with van der Waals surface area (Å²) in [6.45, 7) is 0. The maximum Gasteiger partial charge on any atom is 0.262 e. The number of carbonyl (C=O) groups is 3. The van der Waals surface area contributed by atoms with Gasteiger partial charge in [-0.25, -0.2) is 4.98 Å². The van der Waals surface area contributed by atoms with Gasteiger partial charge in [-0.15, -0.1) is 0 Å². The lowest BCUT2D eigenvalue weighted by molar-refractivity contribution is 0.0561. The number of nitrogens with zero attached hydrogens (tertiary/aromatic N) is 3. The molecule has 0 radical (unpaired) electrons. The van der Waals surface area contributed by atoms with Gasteiger partial charge in [-0.05, 0) is 29.8 Å². The van der Waals surface area contributed by atoms with E-state index >= 15 is 0 Å². The van der Waals surface area contributed by atoms with Crippen molar-refractivity contribution in [1.29, 1.82) is 0 Å². The summed E-state index contributed by atoms with van der Waals surface area (Å²) in [5, 5.41) is 0. The average Bonchev–Trinajstić information content (AvgIpc) is 3.35. The third-order valence-corrected chi connectivity index (χ3v) is 4.80. The second kappa shape index (κ2) is 7.11. The lowest BCUT2D eigenvalue weighted by Crippen LogP contribution is -2.36. The first kappa shape index (κ1) is 17.7. The highest BCUT2D eigenvalue weighted by Crippen LogP contribution is 2.34. The number of methoxy groups -OCH3 is 1. The molecule has 0 spiro atoms. The fourth-order valence-electron chi connectivity index (χ4n) is 3.35. The third-order valence-electron chi connectivity index (χ3n) is 4.80. The van der Waals surface area contributed by atoms with Crippen LogP contribution in [0.2, 0.25) is 0 Å². The summed E-state index contributed by atoms with van der Waals surface area (Å²) >= 11 is 0. The van der Waals surface area contributed by atoms with Crippen molar-refractivity contribution in [3.8, 4) is 5.75 Å². The number of aromatic nitrogens is 2. The van der Waals surface area contributed by atoms with E-state index < -0.39 is 17.9 Å². The van der Waals surface area contributed by atoms with E-state index in [0.717, 1.165) is 0 Å². The van der Waals surface area contributed by atoms with Gasteiger partial charge in [-0.2, -0.15) is 0 Å². The van der Waals surface area contributed by atoms with Gasteiger partial charge < -0.3 is 4.74 Å². The minimum atomic E-state index is -0.742. The molecule has 2 amide bonds. The van der Waals surface area contributed by atoms with Crippen molar-refractivity contribution in [2.75, 3.05) is 7.11 Å². The molecule has 0 saturated heterocycles. The lowest BCUT2D eigenvalue weighted by atomic mass is 10.0. The molecule has 140 valence electrons. The Labute approximate surface area is 161 Å². The molecule has 1 aromatic heterocycles. The molecule has 7 heteroatoms. The summed E-state index contributed by atoms with van der Waals surface area (Å²) in [5.41, 5.74) is 1.37. The van der Waals surface area contributed by atoms with Crippen molar-refractivity contribution in [2.45, 2.75) is 12.5 Å². The molecule has 1 aliphatic rings. The van der Waals surface area contributed by atoms with Gasteiger partial charge in [0.15, 0.2) is 0 Å². The SMILES string of the molecule is COc1ccc(C(CC(=O)n2ccnc2)N2C(=O)c3ccccc3C2=O)cc1. The number of benzene rings is 2. The van der Waals surface area contributed by atoms with E-state index in [0.29, 0.717) is 22.4 Å². The molecule has 0 fully saturated rings. The van der Waals surface area contributed by atoms with Gasteiger partial charge in [0.25, 0.3) is 11.8 Å². The van der Waals surface area contributed by atoms with Crippen LogP contribution in [0, 0.1) is 0 Å². The number of hydrogen-bond acceptors (Lipinski definition) is 5. The zero-order chi connectivity index (χ0) is 19.7. The molecule has 0 aliphatic carbocycles. The van der Waals surface area contributed by atoms with Gasteiger partial charge in [0.1, 0.15) is 12.1 Å². The van der Waals surface area contributed by atoms with E-state index in [9.17, 15) is 14.4 Å². The van der Waals surface area contributed by atoms with E-state index in [1.165, 1.54) is 28.2 Å². The predicted molar refractivity (Wildman–Crippen MR) is 100 cm³/mol. The quantitative estimate of drug-likeness (QED) is 0.641. The molecule has 28 heavy (non-hydrogen) atoms. The number of fused-ring (bicyclic) bond motifs is 1. The molecule has 2 heterocycles. The van der Waals surface area contributed by atoms with Crippen LogP contribution in [0.5, 0.6) is 5.75 Å². The van der Waals surface area contributed by atoms with Crippen molar-refractivity contribution < 1.29 is 19.1 Å². The first-order valence-corrected chi connectivity index (χ1v) is 8.72. The maximum atomic E-state index is 13.0. The Kier molecular flexibility index (Phi) is 4.49. The Morgan fingerprint density at radius 1 is 1.04 bits per heavy atom. The second-order valence-electron chi connectivity index (χ2n) is 6.38. The van der Waals surface area contributed by atoms with Gasteiger partial charge in [0.05, 0.1) is 30.7 Å². The summed E-state index contributed by atoms with van der Waals surface area (Å²) < 4.78 is 6.52. The minimum absolute atomic E-state index is 0.0614. The molecular formula is C21H17N3O4. The van der Waals surface area contributed by atoms with E-state index in [4.69, 9.17) is 4.74 Å². The Morgan fingerprint density at radius 3 is 2.21 bits per heavy atom. The zero-order valence-electron chi connectivity index (χ0n) is 15.1. The highest BCUT2D eigenvalue weighted by Gasteiger charge is 2.41. The van der Waals surface area contributed by atoms with E-state index in [-0.39, 0.29) is 12.3 Å². The van der Waals surface area contributed by atoms with E-state index in [2.05, 4.69) is 4.98 Å². The summed E-state index contributed by atoms with van der Waals surface area (Å²) in [6, 6.07) is 12.9. The molecule has 0 saturated carbocycles. The van der Waals surface area contributed by atoms with Gasteiger partial charge >= 0.3 is 0 Å². The van der Waals surface area contributed by atoms with Crippen LogP contribution in [0.1, 0.15) is 43.5 Å². The highest BCUT2D eigenvalue weighted by atomic mass is 16.5. The molecule has 1 atom stereocenters. The standard InChI is InChI=1S/C21H17N3O4/c1-28-15-8-6-14(7-9-15)18(12-19(25)23-11-10-22-13-23)24-20(26)16-4-2-3-5-17(16)21(24)27/h2-11,13,18H,12H2,1H3. The van der Waals surface area contributed by atoms with E-state index in [1.807, 2.05) is 0 Å². The molecule has 0 bridgehead atoms. The smallest absolute Gasteiger partial charge is 0.262 e. The second-order valence-corrected chi connectivity index (χ2v) is 6.38. The van der Waals surface area contributed by atoms with Crippen LogP contribution in [-0.4, -0.2) is 39.3 Å². The van der Waals surface area contributed by atoms with Gasteiger partial charge in [-0.3, -0.25) is 23.9 Å². The van der Waals surface area contributed by atoms with Crippen LogP contribution in [0.4, 0.5) is 0 Å². The molecule has 2 aromatic carbocycles. The number of rotatable bonds is 5. The van der Waals surface area contributed by atoms with Crippen molar-refractivity contribution in [2.24, 2.45) is 0 Å². The Hall–Kier alpha value is -3.74. The van der Waals surface area contributed by atoms with Gasteiger partial charge in [-0.1, -0.05) is 24.3 Å². The van der Waals surface area contributed by atoms with Crippen molar-refractivity contribution in [1.82, 2.24) is 14.5 Å². The molecule has 0 N–H and O–H groups in total. The van der Waals surface area contributed by atoms with Crippen LogP contribution in [0.25, 0.3) is 0 Å². The number of imidazole rings is 1. The van der Waals surface area contributed by atoms with Crippen molar-refractivity contribution in [3.63, 3.8) is 0 Å². The number of carbonyl (C=O) groups excluding carboxylic acids is 3. The van der Waals surface area contributed by atoms with Crippen molar-refractivity contribution in [3.05, 3.63) is 83.9 Å². The average molecular weight is 375 g/mol. The molecule has 7 nitrogen and oxygen atoms in total. The van der Waals surface area contributed by atoms with Crippen molar-refractivity contribution >= 4 is 17.7 Å². The first-order chi connectivity index (χ1) is 13.6. The zero-order valence-corrected chi connectivity index (χ0v) is 15.1. The van der Waals surface area contributed by atoms with Crippen LogP contribution in [0.15, 0.2) is 67.3 Å². The molecule has 1 unspecified atom stereocenters. The largest absolute Gasteiger partial charge is 0.497 e. The topological polar surface area (TPSA) is 81.5 Å². The highest BCUT2D eigenvalue weighted by molar-refractivity contribution is 6.21. The first-order valence-electron chi connectivity index (χ1n) is 8.72. The summed E-state index contributed by atoms with van der Waals surface area (Å²) in [4.78, 5) is 43.7. The third kappa shape index (κ3) is 2.96. The number of hydrogen-bond donors (Lipinski definition) is 0.